The molecule has 4 rings (SSSR count). The van der Waals surface area contributed by atoms with Crippen LogP contribution in [0.25, 0.3) is 11.0 Å². The van der Waals surface area contributed by atoms with Crippen LogP contribution in [-0.2, 0) is 10.0 Å². The first-order valence-corrected chi connectivity index (χ1v) is 11.2. The van der Waals surface area contributed by atoms with E-state index in [4.69, 9.17) is 9.88 Å². The zero-order chi connectivity index (χ0) is 25.1. The van der Waals surface area contributed by atoms with Crippen molar-refractivity contribution in [3.63, 3.8) is 0 Å². The molecule has 0 aliphatic heterocycles. The van der Waals surface area contributed by atoms with Crippen LogP contribution in [0.1, 0.15) is 0 Å². The number of alkyl halides is 3. The summed E-state index contributed by atoms with van der Waals surface area (Å²) in [4.78, 5) is 16.6. The monoisotopic (exact) mass is 501 g/mol. The highest BCUT2D eigenvalue weighted by Crippen LogP contribution is 2.32. The molecule has 9 nitrogen and oxygen atoms in total. The third-order valence-electron chi connectivity index (χ3n) is 4.27. The van der Waals surface area contributed by atoms with E-state index in [1.54, 1.807) is 24.3 Å². The van der Waals surface area contributed by atoms with Gasteiger partial charge < -0.3 is 9.47 Å². The molecule has 0 spiro atoms. The van der Waals surface area contributed by atoms with E-state index in [1.807, 2.05) is 0 Å². The number of benzene rings is 3. The van der Waals surface area contributed by atoms with Crippen molar-refractivity contribution in [2.75, 3.05) is 0 Å². The fourth-order valence-corrected chi connectivity index (χ4v) is 3.35. The zero-order valence-corrected chi connectivity index (χ0v) is 18.3. The Hall–Kier alpha value is -4.32. The molecule has 0 fully saturated rings. The maximum atomic E-state index is 12.4. The zero-order valence-electron chi connectivity index (χ0n) is 17.5. The van der Waals surface area contributed by atoms with Crippen LogP contribution in [0.15, 0.2) is 87.7 Å². The van der Waals surface area contributed by atoms with Gasteiger partial charge in [0.2, 0.25) is 15.8 Å². The summed E-state index contributed by atoms with van der Waals surface area (Å²) in [6, 6.07) is 19.5. The van der Waals surface area contributed by atoms with Gasteiger partial charge in [-0.05, 0) is 54.6 Å². The van der Waals surface area contributed by atoms with Gasteiger partial charge in [0.1, 0.15) is 17.5 Å². The second kappa shape index (κ2) is 9.50. The summed E-state index contributed by atoms with van der Waals surface area (Å²) in [6.45, 7) is 0. The second-order valence-corrected chi connectivity index (χ2v) is 8.39. The number of ether oxygens (including phenoxy) is 2. The van der Waals surface area contributed by atoms with Gasteiger partial charge in [-0.3, -0.25) is 0 Å². The second-order valence-electron chi connectivity index (χ2n) is 6.83. The van der Waals surface area contributed by atoms with E-state index in [1.165, 1.54) is 36.4 Å². The van der Waals surface area contributed by atoms with Crippen molar-refractivity contribution >= 4 is 38.6 Å². The van der Waals surface area contributed by atoms with Gasteiger partial charge in [-0.15, -0.1) is 13.2 Å². The van der Waals surface area contributed by atoms with E-state index in [-0.39, 0.29) is 28.0 Å². The number of para-hydroxylation sites is 2. The summed E-state index contributed by atoms with van der Waals surface area (Å²) in [5.74, 6) is -0.347. The molecular weight excluding hydrogens is 487 g/mol. The molecule has 0 amide bonds. The van der Waals surface area contributed by atoms with Crippen molar-refractivity contribution in [1.82, 2.24) is 9.97 Å². The number of halogens is 3. The first-order valence-electron chi connectivity index (χ1n) is 9.67. The van der Waals surface area contributed by atoms with Gasteiger partial charge in [0.05, 0.1) is 21.6 Å². The molecule has 0 atom stereocenters. The van der Waals surface area contributed by atoms with Crippen molar-refractivity contribution in [2.45, 2.75) is 11.3 Å². The largest absolute Gasteiger partial charge is 0.573 e. The number of aromatic nitrogens is 2. The lowest BCUT2D eigenvalue weighted by Crippen LogP contribution is -2.16. The van der Waals surface area contributed by atoms with E-state index in [2.05, 4.69) is 30.7 Å². The van der Waals surface area contributed by atoms with E-state index in [9.17, 15) is 21.6 Å². The predicted octanol–water partition coefficient (Wildman–Crippen LogP) is 5.11. The Morgan fingerprint density at radius 2 is 1.51 bits per heavy atom. The summed E-state index contributed by atoms with van der Waals surface area (Å²) in [7, 11) is -3.91. The molecule has 0 aliphatic rings. The molecule has 2 N–H and O–H groups in total. The van der Waals surface area contributed by atoms with Crippen LogP contribution in [0, 0.1) is 0 Å². The maximum Gasteiger partial charge on any atom is 0.573 e. The molecule has 35 heavy (non-hydrogen) atoms. The van der Waals surface area contributed by atoms with E-state index >= 15 is 0 Å². The Kier molecular flexibility index (Phi) is 6.47. The van der Waals surface area contributed by atoms with Gasteiger partial charge >= 0.3 is 6.36 Å². The normalized spacial score (nSPS) is 11.5. The van der Waals surface area contributed by atoms with Crippen LogP contribution in [0.4, 0.5) is 24.7 Å². The minimum absolute atomic E-state index is 0.0225. The van der Waals surface area contributed by atoms with Crippen molar-refractivity contribution < 1.29 is 31.1 Å². The molecule has 4 aromatic rings. The lowest BCUT2D eigenvalue weighted by Gasteiger charge is -2.10. The van der Waals surface area contributed by atoms with Gasteiger partial charge in [-0.2, -0.15) is 9.98 Å². The van der Waals surface area contributed by atoms with Crippen molar-refractivity contribution in [3.8, 4) is 17.4 Å². The first kappa shape index (κ1) is 23.8. The fourth-order valence-electron chi connectivity index (χ4n) is 2.80. The standard InChI is InChI=1S/C22H14F3N5O4S/c23-22(24,25)34-16-10-8-15(9-11-16)33-21-20(29-18-6-1-2-7-19(18)30-21)28-13-27-14-4-3-5-17(12-14)35(26,31)32/h1-12H,(H2,26,31,32). The molecule has 3 aromatic carbocycles. The highest BCUT2D eigenvalue weighted by atomic mass is 32.2. The minimum atomic E-state index is -4.82. The van der Waals surface area contributed by atoms with E-state index < -0.39 is 22.1 Å². The smallest absolute Gasteiger partial charge is 0.436 e. The number of hydrogen-bond acceptors (Lipinski definition) is 8. The van der Waals surface area contributed by atoms with Crippen molar-refractivity contribution in [3.05, 3.63) is 72.8 Å². The maximum absolute atomic E-state index is 12.4. The average Bonchev–Trinajstić information content (AvgIpc) is 2.79. The molecule has 0 unspecified atom stereocenters. The molecule has 0 saturated heterocycles. The third kappa shape index (κ3) is 6.38. The van der Waals surface area contributed by atoms with Crippen molar-refractivity contribution in [2.24, 2.45) is 15.1 Å². The van der Waals surface area contributed by atoms with Crippen molar-refractivity contribution in [1.29, 1.82) is 0 Å². The Balaban J connectivity index is 1.67. The number of hydrogen-bond donors (Lipinski definition) is 1. The third-order valence-corrected chi connectivity index (χ3v) is 5.19. The quantitative estimate of drug-likeness (QED) is 0.366. The Labute approximate surface area is 196 Å². The van der Waals surface area contributed by atoms with Crippen LogP contribution in [0.3, 0.4) is 0 Å². The number of nitrogens with zero attached hydrogens (tertiary/aromatic N) is 4. The predicted molar refractivity (Wildman–Crippen MR) is 120 cm³/mol. The molecule has 1 aromatic heterocycles. The lowest BCUT2D eigenvalue weighted by atomic mass is 10.3. The van der Waals surface area contributed by atoms with Crippen LogP contribution >= 0.6 is 0 Å². The number of fused-ring (bicyclic) bond motifs is 1. The Morgan fingerprint density at radius 3 is 2.17 bits per heavy atom. The van der Waals surface area contributed by atoms with E-state index in [0.717, 1.165) is 12.1 Å². The average molecular weight is 501 g/mol. The lowest BCUT2D eigenvalue weighted by molar-refractivity contribution is -0.274. The van der Waals surface area contributed by atoms with Gasteiger partial charge in [-0.1, -0.05) is 18.2 Å². The molecule has 1 heterocycles. The molecule has 0 saturated carbocycles. The van der Waals surface area contributed by atoms with Gasteiger partial charge in [0, 0.05) is 0 Å². The van der Waals surface area contributed by atoms with Gasteiger partial charge in [0.15, 0.2) is 0 Å². The number of rotatable bonds is 6. The molecular formula is C22H14F3N5O4S. The number of primary sulfonamides is 1. The van der Waals surface area contributed by atoms with Gasteiger partial charge in [-0.25, -0.2) is 23.5 Å². The van der Waals surface area contributed by atoms with Crippen LogP contribution in [0.5, 0.6) is 17.4 Å². The number of sulfonamides is 1. The van der Waals surface area contributed by atoms with Crippen LogP contribution in [0.2, 0.25) is 0 Å². The Bertz CT molecular complexity index is 1550. The Morgan fingerprint density at radius 1 is 0.857 bits per heavy atom. The highest BCUT2D eigenvalue weighted by molar-refractivity contribution is 7.89. The topological polar surface area (TPSA) is 129 Å². The number of aliphatic imine (C=N–C) groups is 2. The summed E-state index contributed by atoms with van der Waals surface area (Å²) in [6.07, 6.45) is -4.82. The summed E-state index contributed by atoms with van der Waals surface area (Å²) in [5.41, 5.74) is 1.19. The SMILES string of the molecule is NS(=O)(=O)c1cccc(N=C=Nc2nc3ccccc3nc2Oc2ccc(OC(F)(F)F)cc2)c1. The molecule has 0 aliphatic carbocycles. The molecule has 178 valence electrons. The highest BCUT2D eigenvalue weighted by Gasteiger charge is 2.31. The summed E-state index contributed by atoms with van der Waals surface area (Å²) in [5, 5.41) is 5.12. The molecule has 13 heteroatoms. The first-order chi connectivity index (χ1) is 16.6. The number of nitrogens with two attached hydrogens (primary N) is 1. The van der Waals surface area contributed by atoms with Crippen LogP contribution < -0.4 is 14.6 Å². The molecule has 0 radical (unpaired) electrons. The fraction of sp³-hybridized carbons (Fsp3) is 0.0455. The van der Waals surface area contributed by atoms with Gasteiger partial charge in [0.25, 0.3) is 5.88 Å². The molecule has 0 bridgehead atoms. The summed E-state index contributed by atoms with van der Waals surface area (Å²) >= 11 is 0. The van der Waals surface area contributed by atoms with Crippen LogP contribution in [-0.4, -0.2) is 30.8 Å². The van der Waals surface area contributed by atoms with E-state index in [0.29, 0.717) is 11.0 Å². The minimum Gasteiger partial charge on any atom is -0.436 e. The summed E-state index contributed by atoms with van der Waals surface area (Å²) < 4.78 is 69.7.